The van der Waals surface area contributed by atoms with Crippen molar-refractivity contribution < 1.29 is 0 Å². The molecular weight excluding hydrogens is 174 g/mol. The molecule has 14 heavy (non-hydrogen) atoms. The van der Waals surface area contributed by atoms with E-state index in [1.54, 1.807) is 0 Å². The summed E-state index contributed by atoms with van der Waals surface area (Å²) in [5, 5.41) is 0. The average molecular weight is 187 g/mol. The maximum Gasteiger partial charge on any atom is 0.214 e. The first-order chi connectivity index (χ1) is 6.77. The van der Waals surface area contributed by atoms with Gasteiger partial charge in [-0.2, -0.15) is 0 Å². The summed E-state index contributed by atoms with van der Waals surface area (Å²) < 4.78 is 4.34. The number of hydrogen-bond acceptors (Lipinski definition) is 1. The first kappa shape index (κ1) is 7.85. The van der Waals surface area contributed by atoms with Gasteiger partial charge in [0.15, 0.2) is 0 Å². The minimum absolute atomic E-state index is 0.640. The Balaban J connectivity index is 2.37. The number of imidazole rings is 2. The summed E-state index contributed by atoms with van der Waals surface area (Å²) in [6.45, 7) is 2.25. The highest BCUT2D eigenvalue weighted by atomic mass is 15.2. The van der Waals surface area contributed by atoms with Gasteiger partial charge in [0.25, 0.3) is 0 Å². The summed E-state index contributed by atoms with van der Waals surface area (Å²) in [4.78, 5) is 4.34. The zero-order chi connectivity index (χ0) is 9.71. The molecule has 3 rings (SSSR count). The minimum Gasteiger partial charge on any atom is -0.316 e. The Morgan fingerprint density at radius 2 is 2.36 bits per heavy atom. The predicted molar refractivity (Wildman–Crippen MR) is 56.1 cm³/mol. The lowest BCUT2D eigenvalue weighted by molar-refractivity contribution is 0.672. The van der Waals surface area contributed by atoms with Crippen LogP contribution in [-0.4, -0.2) is 14.0 Å². The van der Waals surface area contributed by atoms with Crippen LogP contribution in [0.15, 0.2) is 18.5 Å². The van der Waals surface area contributed by atoms with E-state index < -0.39 is 0 Å². The zero-order valence-corrected chi connectivity index (χ0v) is 8.44. The van der Waals surface area contributed by atoms with Crippen molar-refractivity contribution in [2.75, 3.05) is 0 Å². The number of aromatic nitrogens is 3. The molecule has 0 saturated carbocycles. The first-order valence-corrected chi connectivity index (χ1v) is 4.96. The molecule has 0 bridgehead atoms. The van der Waals surface area contributed by atoms with Crippen LogP contribution in [0.2, 0.25) is 0 Å². The summed E-state index contributed by atoms with van der Waals surface area (Å²) in [5.74, 6) is 1.68. The van der Waals surface area contributed by atoms with Gasteiger partial charge in [-0.05, 0) is 18.4 Å². The average Bonchev–Trinajstić information content (AvgIpc) is 2.72. The third-order valence-electron chi connectivity index (χ3n) is 2.98. The number of rotatable bonds is 0. The van der Waals surface area contributed by atoms with E-state index in [4.69, 9.17) is 0 Å². The lowest BCUT2D eigenvalue weighted by Crippen LogP contribution is -2.07. The van der Waals surface area contributed by atoms with E-state index >= 15 is 0 Å². The highest BCUT2D eigenvalue weighted by Gasteiger charge is 2.18. The van der Waals surface area contributed by atoms with Crippen LogP contribution >= 0.6 is 0 Å². The predicted octanol–water partition coefficient (Wildman–Crippen LogP) is 1.88. The van der Waals surface area contributed by atoms with Crippen molar-refractivity contribution in [3.63, 3.8) is 0 Å². The Kier molecular flexibility index (Phi) is 1.40. The van der Waals surface area contributed by atoms with Crippen molar-refractivity contribution >= 4 is 11.9 Å². The third-order valence-corrected chi connectivity index (χ3v) is 2.98. The molecule has 2 aromatic heterocycles. The number of allylic oxidation sites excluding steroid dienone is 1. The SMILES string of the molecule is CC1C=Cc2c(n(C)c3nccn23)C1. The molecule has 0 radical (unpaired) electrons. The molecule has 1 aliphatic carbocycles. The van der Waals surface area contributed by atoms with Crippen LogP contribution in [0.25, 0.3) is 11.9 Å². The summed E-state index contributed by atoms with van der Waals surface area (Å²) in [6.07, 6.45) is 9.46. The van der Waals surface area contributed by atoms with Gasteiger partial charge in [0.05, 0.1) is 5.69 Å². The van der Waals surface area contributed by atoms with Crippen LogP contribution < -0.4 is 0 Å². The molecule has 0 N–H and O–H groups in total. The Morgan fingerprint density at radius 3 is 3.21 bits per heavy atom. The number of hydrogen-bond donors (Lipinski definition) is 0. The second kappa shape index (κ2) is 2.50. The molecule has 1 unspecified atom stereocenters. The summed E-state index contributed by atoms with van der Waals surface area (Å²) >= 11 is 0. The minimum atomic E-state index is 0.640. The van der Waals surface area contributed by atoms with Gasteiger partial charge in [0.1, 0.15) is 0 Å². The number of nitrogens with zero attached hydrogens (tertiary/aromatic N) is 3. The van der Waals surface area contributed by atoms with Crippen molar-refractivity contribution in [2.24, 2.45) is 13.0 Å². The molecule has 0 spiro atoms. The lowest BCUT2D eigenvalue weighted by atomic mass is 9.98. The van der Waals surface area contributed by atoms with Crippen molar-refractivity contribution in [3.05, 3.63) is 29.9 Å². The molecule has 0 aromatic carbocycles. The maximum absolute atomic E-state index is 4.34. The van der Waals surface area contributed by atoms with Gasteiger partial charge in [-0.15, -0.1) is 0 Å². The Labute approximate surface area is 82.7 Å². The molecule has 72 valence electrons. The van der Waals surface area contributed by atoms with Crippen molar-refractivity contribution in [1.29, 1.82) is 0 Å². The molecule has 2 aromatic rings. The Morgan fingerprint density at radius 1 is 1.50 bits per heavy atom. The monoisotopic (exact) mass is 187 g/mol. The molecule has 3 nitrogen and oxygen atoms in total. The van der Waals surface area contributed by atoms with Crippen LogP contribution in [0.1, 0.15) is 18.3 Å². The van der Waals surface area contributed by atoms with Crippen LogP contribution in [0, 0.1) is 5.92 Å². The van der Waals surface area contributed by atoms with Crippen molar-refractivity contribution in [1.82, 2.24) is 14.0 Å². The summed E-state index contributed by atoms with van der Waals surface area (Å²) in [5.41, 5.74) is 2.68. The lowest BCUT2D eigenvalue weighted by Gasteiger charge is -2.13. The number of aryl methyl sites for hydroxylation is 1. The van der Waals surface area contributed by atoms with Gasteiger partial charge in [0.2, 0.25) is 5.78 Å². The van der Waals surface area contributed by atoms with Gasteiger partial charge >= 0.3 is 0 Å². The van der Waals surface area contributed by atoms with Gasteiger partial charge in [-0.1, -0.05) is 13.0 Å². The molecule has 1 atom stereocenters. The maximum atomic E-state index is 4.34. The highest BCUT2D eigenvalue weighted by molar-refractivity contribution is 5.57. The van der Waals surface area contributed by atoms with Crippen LogP contribution in [0.5, 0.6) is 0 Å². The third kappa shape index (κ3) is 0.842. The molecule has 0 fully saturated rings. The number of fused-ring (bicyclic) bond motifs is 3. The topological polar surface area (TPSA) is 22.2 Å². The molecule has 0 aliphatic heterocycles. The van der Waals surface area contributed by atoms with E-state index in [-0.39, 0.29) is 0 Å². The summed E-state index contributed by atoms with van der Waals surface area (Å²) in [6, 6.07) is 0. The normalized spacial score (nSPS) is 20.3. The van der Waals surface area contributed by atoms with E-state index in [9.17, 15) is 0 Å². The second-order valence-electron chi connectivity index (χ2n) is 4.03. The fourth-order valence-corrected chi connectivity index (χ4v) is 2.21. The van der Waals surface area contributed by atoms with Crippen LogP contribution in [0.4, 0.5) is 0 Å². The first-order valence-electron chi connectivity index (χ1n) is 4.96. The molecular formula is C11H13N3. The standard InChI is InChI=1S/C11H13N3/c1-8-3-4-9-10(7-8)13(2)11-12-5-6-14(9)11/h3-6,8H,7H2,1-2H3. The van der Waals surface area contributed by atoms with E-state index in [2.05, 4.69) is 40.1 Å². The molecule has 0 amide bonds. The fraction of sp³-hybridized carbons (Fsp3) is 0.364. The Bertz CT molecular complexity index is 516. The van der Waals surface area contributed by atoms with Gasteiger partial charge in [0, 0.05) is 25.1 Å². The van der Waals surface area contributed by atoms with Crippen molar-refractivity contribution in [2.45, 2.75) is 13.3 Å². The van der Waals surface area contributed by atoms with Crippen molar-refractivity contribution in [3.8, 4) is 0 Å². The van der Waals surface area contributed by atoms with Gasteiger partial charge in [-0.3, -0.25) is 4.40 Å². The van der Waals surface area contributed by atoms with Crippen LogP contribution in [-0.2, 0) is 13.5 Å². The molecule has 1 aliphatic rings. The summed E-state index contributed by atoms with van der Waals surface area (Å²) in [7, 11) is 2.09. The Hall–Kier alpha value is -1.51. The van der Waals surface area contributed by atoms with E-state index in [0.717, 1.165) is 12.2 Å². The largest absolute Gasteiger partial charge is 0.316 e. The van der Waals surface area contributed by atoms with E-state index in [1.165, 1.54) is 11.4 Å². The highest BCUT2D eigenvalue weighted by Crippen LogP contribution is 2.25. The van der Waals surface area contributed by atoms with Gasteiger partial charge < -0.3 is 4.57 Å². The van der Waals surface area contributed by atoms with Gasteiger partial charge in [-0.25, -0.2) is 4.98 Å². The molecule has 3 heteroatoms. The molecule has 2 heterocycles. The molecule has 0 saturated heterocycles. The van der Waals surface area contributed by atoms with E-state index in [1.807, 2.05) is 12.4 Å². The smallest absolute Gasteiger partial charge is 0.214 e. The second-order valence-corrected chi connectivity index (χ2v) is 4.03. The fourth-order valence-electron chi connectivity index (χ4n) is 2.21. The zero-order valence-electron chi connectivity index (χ0n) is 8.44. The quantitative estimate of drug-likeness (QED) is 0.617. The van der Waals surface area contributed by atoms with E-state index in [0.29, 0.717) is 5.92 Å². The van der Waals surface area contributed by atoms with Crippen LogP contribution in [0.3, 0.4) is 0 Å².